The predicted molar refractivity (Wildman–Crippen MR) is 76.6 cm³/mol. The number of allylic oxidation sites excluding steroid dienone is 1. The monoisotopic (exact) mass is 327 g/mol. The number of hydrogen-bond donors (Lipinski definition) is 0. The normalized spacial score (nSPS) is 10.7. The lowest BCUT2D eigenvalue weighted by atomic mass is 10.0. The van der Waals surface area contributed by atoms with E-state index in [4.69, 9.17) is 0 Å². The molecular weight excluding hydrogens is 314 g/mol. The van der Waals surface area contributed by atoms with Gasteiger partial charge in [-0.25, -0.2) is 4.79 Å². The summed E-state index contributed by atoms with van der Waals surface area (Å²) in [6.45, 7) is 1.54. The van der Waals surface area contributed by atoms with Gasteiger partial charge in [0.05, 0.1) is 17.6 Å². The van der Waals surface area contributed by atoms with Crippen LogP contribution in [0.15, 0.2) is 18.2 Å². The lowest BCUT2D eigenvalue weighted by molar-refractivity contribution is -0.385. The Hall–Kier alpha value is -1.69. The van der Waals surface area contributed by atoms with Crippen LogP contribution in [0, 0.1) is 17.0 Å². The SMILES string of the molecule is COC(=O)c1cc(C=CCCBr)cc([N+](=O)[O-])c1C. The molecule has 0 fully saturated rings. The van der Waals surface area contributed by atoms with E-state index in [0.29, 0.717) is 11.1 Å². The van der Waals surface area contributed by atoms with Crippen LogP contribution >= 0.6 is 15.9 Å². The Morgan fingerprint density at radius 3 is 2.74 bits per heavy atom. The number of nitro benzene ring substituents is 1. The van der Waals surface area contributed by atoms with Crippen LogP contribution in [-0.4, -0.2) is 23.3 Å². The van der Waals surface area contributed by atoms with Crippen molar-refractivity contribution in [1.29, 1.82) is 0 Å². The highest BCUT2D eigenvalue weighted by Gasteiger charge is 2.20. The van der Waals surface area contributed by atoms with Gasteiger partial charge in [-0.05, 0) is 25.0 Å². The molecule has 0 heterocycles. The van der Waals surface area contributed by atoms with Crippen LogP contribution in [0.5, 0.6) is 0 Å². The Bertz CT molecular complexity index is 526. The molecule has 1 rings (SSSR count). The molecule has 19 heavy (non-hydrogen) atoms. The van der Waals surface area contributed by atoms with Gasteiger partial charge in [0, 0.05) is 17.0 Å². The van der Waals surface area contributed by atoms with Crippen molar-refractivity contribution in [2.75, 3.05) is 12.4 Å². The summed E-state index contributed by atoms with van der Waals surface area (Å²) in [6.07, 6.45) is 4.43. The second-order valence-electron chi connectivity index (χ2n) is 3.84. The molecule has 0 unspecified atom stereocenters. The van der Waals surface area contributed by atoms with Crippen LogP contribution in [0.25, 0.3) is 6.08 Å². The van der Waals surface area contributed by atoms with Crippen molar-refractivity contribution in [1.82, 2.24) is 0 Å². The first-order valence-electron chi connectivity index (χ1n) is 5.61. The summed E-state index contributed by atoms with van der Waals surface area (Å²) >= 11 is 3.29. The molecule has 0 spiro atoms. The van der Waals surface area contributed by atoms with Crippen molar-refractivity contribution < 1.29 is 14.5 Å². The zero-order valence-electron chi connectivity index (χ0n) is 10.7. The van der Waals surface area contributed by atoms with Gasteiger partial charge in [-0.1, -0.05) is 28.1 Å². The maximum Gasteiger partial charge on any atom is 0.338 e. The van der Waals surface area contributed by atoms with Crippen LogP contribution in [0.4, 0.5) is 5.69 Å². The largest absolute Gasteiger partial charge is 0.465 e. The summed E-state index contributed by atoms with van der Waals surface area (Å²) in [5.74, 6) is -0.573. The molecule has 102 valence electrons. The van der Waals surface area contributed by atoms with Gasteiger partial charge in [0.15, 0.2) is 0 Å². The lowest BCUT2D eigenvalue weighted by Gasteiger charge is -2.06. The molecule has 0 atom stereocenters. The summed E-state index contributed by atoms with van der Waals surface area (Å²) in [7, 11) is 1.25. The minimum atomic E-state index is -0.573. The Kier molecular flexibility index (Phi) is 5.69. The lowest BCUT2D eigenvalue weighted by Crippen LogP contribution is -2.06. The summed E-state index contributed by atoms with van der Waals surface area (Å²) < 4.78 is 4.64. The Labute approximate surface area is 119 Å². The number of halogens is 1. The third kappa shape index (κ3) is 3.89. The third-order valence-electron chi connectivity index (χ3n) is 2.59. The minimum absolute atomic E-state index is 0.0820. The number of nitro groups is 1. The zero-order chi connectivity index (χ0) is 14.4. The molecule has 0 aliphatic rings. The van der Waals surface area contributed by atoms with E-state index in [-0.39, 0.29) is 11.3 Å². The van der Waals surface area contributed by atoms with E-state index < -0.39 is 10.9 Å². The maximum absolute atomic E-state index is 11.6. The molecule has 0 radical (unpaired) electrons. The summed E-state index contributed by atoms with van der Waals surface area (Å²) in [5, 5.41) is 11.8. The van der Waals surface area contributed by atoms with Crippen molar-refractivity contribution >= 4 is 33.7 Å². The van der Waals surface area contributed by atoms with Gasteiger partial charge in [-0.15, -0.1) is 0 Å². The second-order valence-corrected chi connectivity index (χ2v) is 4.63. The predicted octanol–water partition coefficient (Wildman–Crippen LogP) is 3.49. The third-order valence-corrected chi connectivity index (χ3v) is 3.05. The first kappa shape index (κ1) is 15.4. The number of nitrogens with zero attached hydrogens (tertiary/aromatic N) is 1. The highest BCUT2D eigenvalue weighted by molar-refractivity contribution is 9.09. The number of alkyl halides is 1. The van der Waals surface area contributed by atoms with Crippen molar-refractivity contribution in [3.05, 3.63) is 45.0 Å². The van der Waals surface area contributed by atoms with E-state index in [1.54, 1.807) is 12.1 Å². The first-order valence-corrected chi connectivity index (χ1v) is 6.73. The van der Waals surface area contributed by atoms with Gasteiger partial charge in [0.2, 0.25) is 0 Å². The molecule has 1 aromatic rings. The van der Waals surface area contributed by atoms with Crippen molar-refractivity contribution in [3.8, 4) is 0 Å². The van der Waals surface area contributed by atoms with Gasteiger partial charge >= 0.3 is 5.97 Å². The van der Waals surface area contributed by atoms with Crippen molar-refractivity contribution in [2.45, 2.75) is 13.3 Å². The van der Waals surface area contributed by atoms with Gasteiger partial charge in [-0.2, -0.15) is 0 Å². The highest BCUT2D eigenvalue weighted by Crippen LogP contribution is 2.25. The number of esters is 1. The number of benzene rings is 1. The average Bonchev–Trinajstić information content (AvgIpc) is 2.39. The molecule has 0 N–H and O–H groups in total. The van der Waals surface area contributed by atoms with Gasteiger partial charge in [0.25, 0.3) is 5.69 Å². The van der Waals surface area contributed by atoms with Crippen molar-refractivity contribution in [2.24, 2.45) is 0 Å². The van der Waals surface area contributed by atoms with Gasteiger partial charge in [-0.3, -0.25) is 10.1 Å². The number of ether oxygens (including phenoxy) is 1. The fraction of sp³-hybridized carbons (Fsp3) is 0.308. The second kappa shape index (κ2) is 7.04. The number of carbonyl (C=O) groups is 1. The number of hydrogen-bond acceptors (Lipinski definition) is 4. The standard InChI is InChI=1S/C13H14BrNO4/c1-9-11(13(16)19-2)7-10(5-3-4-6-14)8-12(9)15(17)18/h3,5,7-8H,4,6H2,1-2H3. The van der Waals surface area contributed by atoms with E-state index in [0.717, 1.165) is 11.8 Å². The minimum Gasteiger partial charge on any atom is -0.465 e. The molecule has 0 bridgehead atoms. The molecule has 0 aromatic heterocycles. The first-order chi connectivity index (χ1) is 9.01. The van der Waals surface area contributed by atoms with Crippen LogP contribution < -0.4 is 0 Å². The quantitative estimate of drug-likeness (QED) is 0.359. The van der Waals surface area contributed by atoms with Crippen LogP contribution in [0.2, 0.25) is 0 Å². The topological polar surface area (TPSA) is 69.4 Å². The molecule has 5 nitrogen and oxygen atoms in total. The fourth-order valence-electron chi connectivity index (χ4n) is 1.61. The van der Waals surface area contributed by atoms with E-state index >= 15 is 0 Å². The van der Waals surface area contributed by atoms with E-state index in [2.05, 4.69) is 20.7 Å². The van der Waals surface area contributed by atoms with Gasteiger partial charge < -0.3 is 4.74 Å². The Balaban J connectivity index is 3.31. The smallest absolute Gasteiger partial charge is 0.338 e. The molecule has 0 aliphatic heterocycles. The Morgan fingerprint density at radius 1 is 1.53 bits per heavy atom. The number of methoxy groups -OCH3 is 1. The molecule has 1 aromatic carbocycles. The van der Waals surface area contributed by atoms with Crippen LogP contribution in [0.1, 0.15) is 27.9 Å². The molecule has 0 aliphatic carbocycles. The maximum atomic E-state index is 11.6. The molecule has 0 saturated heterocycles. The van der Waals surface area contributed by atoms with Crippen LogP contribution in [-0.2, 0) is 4.74 Å². The Morgan fingerprint density at radius 2 is 2.21 bits per heavy atom. The van der Waals surface area contributed by atoms with Crippen LogP contribution in [0.3, 0.4) is 0 Å². The average molecular weight is 328 g/mol. The highest BCUT2D eigenvalue weighted by atomic mass is 79.9. The summed E-state index contributed by atoms with van der Waals surface area (Å²) in [5.41, 5.74) is 1.06. The fourth-order valence-corrected chi connectivity index (χ4v) is 1.88. The zero-order valence-corrected chi connectivity index (χ0v) is 12.3. The molecule has 0 amide bonds. The number of carbonyl (C=O) groups excluding carboxylic acids is 1. The summed E-state index contributed by atoms with van der Waals surface area (Å²) in [6, 6.07) is 3.05. The van der Waals surface area contributed by atoms with E-state index in [1.165, 1.54) is 20.1 Å². The van der Waals surface area contributed by atoms with Gasteiger partial charge in [0.1, 0.15) is 0 Å². The molecule has 6 heteroatoms. The van der Waals surface area contributed by atoms with E-state index in [9.17, 15) is 14.9 Å². The number of rotatable bonds is 5. The summed E-state index contributed by atoms with van der Waals surface area (Å²) in [4.78, 5) is 22.1. The molecular formula is C13H14BrNO4. The van der Waals surface area contributed by atoms with E-state index in [1.807, 2.05) is 6.08 Å². The molecule has 0 saturated carbocycles. The van der Waals surface area contributed by atoms with Crippen molar-refractivity contribution in [3.63, 3.8) is 0 Å².